The van der Waals surface area contributed by atoms with Gasteiger partial charge in [-0.05, 0) is 49.8 Å². The van der Waals surface area contributed by atoms with Gasteiger partial charge in [0.2, 0.25) is 4.77 Å². The molecule has 21 heavy (non-hydrogen) atoms. The Bertz CT molecular complexity index is 650. The summed E-state index contributed by atoms with van der Waals surface area (Å²) in [5, 5.41) is 3.27. The van der Waals surface area contributed by atoms with Crippen LogP contribution in [0.2, 0.25) is 0 Å². The van der Waals surface area contributed by atoms with Gasteiger partial charge in [0, 0.05) is 0 Å². The Hall–Kier alpha value is -1.72. The van der Waals surface area contributed by atoms with Crippen LogP contribution < -0.4 is 0 Å². The maximum atomic E-state index is 5.33. The van der Waals surface area contributed by atoms with Gasteiger partial charge in [-0.3, -0.25) is 10.00 Å². The molecule has 0 unspecified atom stereocenters. The van der Waals surface area contributed by atoms with E-state index in [1.54, 1.807) is 0 Å². The van der Waals surface area contributed by atoms with E-state index in [0.717, 1.165) is 31.1 Å². The molecule has 1 saturated heterocycles. The van der Waals surface area contributed by atoms with Crippen LogP contribution in [0.5, 0.6) is 0 Å². The van der Waals surface area contributed by atoms with Crippen LogP contribution >= 0.6 is 12.2 Å². The zero-order valence-corrected chi connectivity index (χ0v) is 12.9. The van der Waals surface area contributed by atoms with Crippen molar-refractivity contribution in [2.75, 3.05) is 13.1 Å². The zero-order chi connectivity index (χ0) is 14.5. The second-order valence-corrected chi connectivity index (χ2v) is 5.75. The summed E-state index contributed by atoms with van der Waals surface area (Å²) in [6, 6.07) is 10.2. The van der Waals surface area contributed by atoms with Crippen LogP contribution in [0.4, 0.5) is 0 Å². The van der Waals surface area contributed by atoms with Crippen molar-refractivity contribution < 1.29 is 0 Å². The summed E-state index contributed by atoms with van der Waals surface area (Å²) in [6.45, 7) is 3.11. The van der Waals surface area contributed by atoms with Crippen LogP contribution in [0.3, 0.4) is 0 Å². The van der Waals surface area contributed by atoms with E-state index in [9.17, 15) is 0 Å². The molecule has 110 valence electrons. The maximum absolute atomic E-state index is 5.33. The molecule has 2 heterocycles. The number of aromatic amines is 1. The van der Waals surface area contributed by atoms with E-state index in [0.29, 0.717) is 4.77 Å². The molecule has 0 amide bonds. The van der Waals surface area contributed by atoms with Gasteiger partial charge in [0.1, 0.15) is 5.82 Å². The molecule has 0 saturated carbocycles. The molecule has 0 atom stereocenters. The number of rotatable bonds is 4. The largest absolute Gasteiger partial charge is 0.284 e. The SMILES string of the molecule is S=c1nc(/C=C/c2ccccc2)[nH]n1CN1CCCCC1. The molecular formula is C16H20N4S. The van der Waals surface area contributed by atoms with Crippen molar-refractivity contribution in [3.8, 4) is 0 Å². The highest BCUT2D eigenvalue weighted by Gasteiger charge is 2.11. The number of hydrogen-bond donors (Lipinski definition) is 1. The lowest BCUT2D eigenvalue weighted by molar-refractivity contribution is 0.172. The van der Waals surface area contributed by atoms with E-state index in [-0.39, 0.29) is 0 Å². The number of aromatic nitrogens is 3. The number of nitrogens with one attached hydrogen (secondary N) is 1. The monoisotopic (exact) mass is 300 g/mol. The molecule has 1 aromatic carbocycles. The van der Waals surface area contributed by atoms with Crippen molar-refractivity contribution in [3.05, 3.63) is 46.5 Å². The Morgan fingerprint density at radius 2 is 1.86 bits per heavy atom. The molecule has 1 aromatic heterocycles. The third-order valence-electron chi connectivity index (χ3n) is 3.72. The zero-order valence-electron chi connectivity index (χ0n) is 12.0. The quantitative estimate of drug-likeness (QED) is 0.877. The standard InChI is InChI=1S/C16H20N4S/c21-16-17-15(10-9-14-7-3-1-4-8-14)18-20(16)13-19-11-5-2-6-12-19/h1,3-4,7-10H,2,5-6,11-13H2,(H,17,18,21)/b10-9+. The Labute approximate surface area is 130 Å². The van der Waals surface area contributed by atoms with Gasteiger partial charge in [-0.15, -0.1) is 0 Å². The van der Waals surface area contributed by atoms with Crippen molar-refractivity contribution in [1.82, 2.24) is 19.7 Å². The number of nitrogens with zero attached hydrogens (tertiary/aromatic N) is 3. The highest BCUT2D eigenvalue weighted by atomic mass is 32.1. The first-order chi connectivity index (χ1) is 10.3. The highest BCUT2D eigenvalue weighted by molar-refractivity contribution is 7.71. The summed E-state index contributed by atoms with van der Waals surface area (Å²) in [6.07, 6.45) is 7.91. The smallest absolute Gasteiger partial charge is 0.217 e. The molecule has 1 aliphatic heterocycles. The van der Waals surface area contributed by atoms with Gasteiger partial charge in [-0.25, -0.2) is 4.68 Å². The van der Waals surface area contributed by atoms with Gasteiger partial charge in [-0.2, -0.15) is 4.98 Å². The normalized spacial score (nSPS) is 16.6. The Morgan fingerprint density at radius 3 is 2.62 bits per heavy atom. The lowest BCUT2D eigenvalue weighted by atomic mass is 10.1. The number of benzene rings is 1. The average molecular weight is 300 g/mol. The van der Waals surface area contributed by atoms with Gasteiger partial charge in [0.25, 0.3) is 0 Å². The minimum Gasteiger partial charge on any atom is -0.284 e. The number of hydrogen-bond acceptors (Lipinski definition) is 3. The topological polar surface area (TPSA) is 36.9 Å². The van der Waals surface area contributed by atoms with E-state index in [1.165, 1.54) is 19.3 Å². The first-order valence-electron chi connectivity index (χ1n) is 7.43. The van der Waals surface area contributed by atoms with E-state index in [2.05, 4.69) is 27.1 Å². The summed E-state index contributed by atoms with van der Waals surface area (Å²) < 4.78 is 2.57. The van der Waals surface area contributed by atoms with Gasteiger partial charge in [-0.1, -0.05) is 42.8 Å². The highest BCUT2D eigenvalue weighted by Crippen LogP contribution is 2.10. The molecule has 1 aliphatic rings. The summed E-state index contributed by atoms with van der Waals surface area (Å²) in [7, 11) is 0. The van der Waals surface area contributed by atoms with Crippen LogP contribution in [0.1, 0.15) is 30.7 Å². The van der Waals surface area contributed by atoms with Gasteiger partial charge in [0.15, 0.2) is 0 Å². The molecule has 4 nitrogen and oxygen atoms in total. The Kier molecular flexibility index (Phi) is 4.62. The fourth-order valence-electron chi connectivity index (χ4n) is 2.59. The van der Waals surface area contributed by atoms with E-state index in [1.807, 2.05) is 35.0 Å². The van der Waals surface area contributed by atoms with Crippen LogP contribution in [0.25, 0.3) is 12.2 Å². The van der Waals surface area contributed by atoms with Crippen LogP contribution in [-0.4, -0.2) is 32.8 Å². The first-order valence-corrected chi connectivity index (χ1v) is 7.84. The van der Waals surface area contributed by atoms with Crippen LogP contribution in [0.15, 0.2) is 30.3 Å². The lowest BCUT2D eigenvalue weighted by Gasteiger charge is -2.26. The molecule has 0 radical (unpaired) electrons. The minimum atomic E-state index is 0.619. The molecule has 0 spiro atoms. The average Bonchev–Trinajstić information content (AvgIpc) is 2.87. The minimum absolute atomic E-state index is 0.619. The van der Waals surface area contributed by atoms with Gasteiger partial charge < -0.3 is 0 Å². The summed E-state index contributed by atoms with van der Waals surface area (Å²) in [5.41, 5.74) is 1.15. The third kappa shape index (κ3) is 3.89. The van der Waals surface area contributed by atoms with E-state index >= 15 is 0 Å². The molecule has 3 rings (SSSR count). The van der Waals surface area contributed by atoms with E-state index in [4.69, 9.17) is 12.2 Å². The van der Waals surface area contributed by atoms with Gasteiger partial charge >= 0.3 is 0 Å². The molecule has 1 N–H and O–H groups in total. The second kappa shape index (κ2) is 6.83. The first kappa shape index (κ1) is 14.2. The van der Waals surface area contributed by atoms with Crippen molar-refractivity contribution in [2.24, 2.45) is 0 Å². The molecule has 1 fully saturated rings. The molecule has 0 aliphatic carbocycles. The summed E-state index contributed by atoms with van der Waals surface area (Å²) in [4.78, 5) is 6.82. The van der Waals surface area contributed by atoms with Crippen molar-refractivity contribution in [1.29, 1.82) is 0 Å². The molecule has 5 heteroatoms. The second-order valence-electron chi connectivity index (χ2n) is 5.38. The molecular weight excluding hydrogens is 280 g/mol. The van der Waals surface area contributed by atoms with Crippen molar-refractivity contribution in [2.45, 2.75) is 25.9 Å². The van der Waals surface area contributed by atoms with E-state index < -0.39 is 0 Å². The van der Waals surface area contributed by atoms with Crippen molar-refractivity contribution in [3.63, 3.8) is 0 Å². The number of piperidine rings is 1. The fourth-order valence-corrected chi connectivity index (χ4v) is 2.79. The number of likely N-dealkylation sites (tertiary alicyclic amines) is 1. The molecule has 2 aromatic rings. The lowest BCUT2D eigenvalue weighted by Crippen LogP contribution is -2.32. The Morgan fingerprint density at radius 1 is 1.10 bits per heavy atom. The Balaban J connectivity index is 1.69. The van der Waals surface area contributed by atoms with Crippen molar-refractivity contribution >= 4 is 24.4 Å². The maximum Gasteiger partial charge on any atom is 0.217 e. The molecule has 0 bridgehead atoms. The fraction of sp³-hybridized carbons (Fsp3) is 0.375. The predicted octanol–water partition coefficient (Wildman–Crippen LogP) is 3.55. The van der Waals surface area contributed by atoms with Crippen LogP contribution in [0, 0.1) is 4.77 Å². The summed E-state index contributed by atoms with van der Waals surface area (Å²) in [5.74, 6) is 0.806. The predicted molar refractivity (Wildman–Crippen MR) is 88.2 cm³/mol. The summed E-state index contributed by atoms with van der Waals surface area (Å²) >= 11 is 5.33. The third-order valence-corrected chi connectivity index (χ3v) is 4.03. The van der Waals surface area contributed by atoms with Crippen LogP contribution in [-0.2, 0) is 6.67 Å². The number of H-pyrrole nitrogens is 1. The van der Waals surface area contributed by atoms with Gasteiger partial charge in [0.05, 0.1) is 6.67 Å².